The van der Waals surface area contributed by atoms with E-state index >= 15 is 0 Å². The van der Waals surface area contributed by atoms with Gasteiger partial charge in [-0.1, -0.05) is 42.0 Å². The van der Waals surface area contributed by atoms with Crippen LogP contribution in [0.3, 0.4) is 0 Å². The number of hydrogen-bond donors (Lipinski definition) is 0. The van der Waals surface area contributed by atoms with Crippen molar-refractivity contribution in [2.45, 2.75) is 6.92 Å². The summed E-state index contributed by atoms with van der Waals surface area (Å²) >= 11 is 1.84. The molecule has 2 nitrogen and oxygen atoms in total. The van der Waals surface area contributed by atoms with Crippen LogP contribution < -0.4 is 0 Å². The van der Waals surface area contributed by atoms with Crippen LogP contribution in [0.1, 0.15) is 5.56 Å². The molecule has 0 radical (unpaired) electrons. The molecular formula is C26H16N2S. The first-order valence-corrected chi connectivity index (χ1v) is 10.4. The number of para-hydroxylation sites is 1. The summed E-state index contributed by atoms with van der Waals surface area (Å²) in [6.07, 6.45) is 0. The molecule has 0 aliphatic heterocycles. The summed E-state index contributed by atoms with van der Waals surface area (Å²) in [5, 5.41) is 5.00. The third kappa shape index (κ3) is 2.33. The van der Waals surface area contributed by atoms with E-state index in [1.54, 1.807) is 0 Å². The Labute approximate surface area is 172 Å². The van der Waals surface area contributed by atoms with Gasteiger partial charge < -0.3 is 4.57 Å². The molecule has 3 heteroatoms. The van der Waals surface area contributed by atoms with Crippen LogP contribution in [0.25, 0.3) is 52.5 Å². The highest BCUT2D eigenvalue weighted by Crippen LogP contribution is 2.38. The van der Waals surface area contributed by atoms with Crippen molar-refractivity contribution in [1.82, 2.24) is 4.57 Å². The smallest absolute Gasteiger partial charge is 0.189 e. The molecule has 0 amide bonds. The molecule has 0 aliphatic carbocycles. The van der Waals surface area contributed by atoms with Gasteiger partial charge in [0.2, 0.25) is 0 Å². The van der Waals surface area contributed by atoms with Gasteiger partial charge in [0, 0.05) is 42.1 Å². The minimum Gasteiger partial charge on any atom is -0.310 e. The average Bonchev–Trinajstić information content (AvgIpc) is 3.28. The van der Waals surface area contributed by atoms with Crippen LogP contribution in [0.15, 0.2) is 78.9 Å². The van der Waals surface area contributed by atoms with Gasteiger partial charge in [-0.2, -0.15) is 0 Å². The van der Waals surface area contributed by atoms with E-state index in [1.807, 2.05) is 23.5 Å². The van der Waals surface area contributed by atoms with Crippen LogP contribution in [0, 0.1) is 13.5 Å². The standard InChI is InChI=1S/C26H16N2S/c1-16-7-11-25-21(13-16)22-15-18(9-12-26(22)29-25)28-23-6-4-3-5-19(23)20-10-8-17(27-2)14-24(20)28/h3-15H,1H3. The Morgan fingerprint density at radius 1 is 0.724 bits per heavy atom. The van der Waals surface area contributed by atoms with Crippen LogP contribution in [0.2, 0.25) is 0 Å². The van der Waals surface area contributed by atoms with E-state index < -0.39 is 0 Å². The predicted molar refractivity (Wildman–Crippen MR) is 125 cm³/mol. The first kappa shape index (κ1) is 16.4. The van der Waals surface area contributed by atoms with Gasteiger partial charge in [0.1, 0.15) is 0 Å². The van der Waals surface area contributed by atoms with Gasteiger partial charge in [-0.05, 0) is 49.4 Å². The van der Waals surface area contributed by atoms with Crippen molar-refractivity contribution < 1.29 is 0 Å². The fraction of sp³-hybridized carbons (Fsp3) is 0.0385. The molecule has 0 bridgehead atoms. The molecule has 0 spiro atoms. The van der Waals surface area contributed by atoms with Gasteiger partial charge >= 0.3 is 0 Å². The lowest BCUT2D eigenvalue weighted by atomic mass is 10.1. The fourth-order valence-corrected chi connectivity index (χ4v) is 5.39. The number of thiophene rings is 1. The molecule has 0 unspecified atom stereocenters. The van der Waals surface area contributed by atoms with E-state index in [-0.39, 0.29) is 0 Å². The quantitative estimate of drug-likeness (QED) is 0.252. The molecule has 0 fully saturated rings. The van der Waals surface area contributed by atoms with Crippen molar-refractivity contribution in [2.75, 3.05) is 0 Å². The summed E-state index contributed by atoms with van der Waals surface area (Å²) in [7, 11) is 0. The van der Waals surface area contributed by atoms with E-state index in [0.29, 0.717) is 5.69 Å². The first-order valence-electron chi connectivity index (χ1n) is 9.57. The number of aryl methyl sites for hydroxylation is 1. The molecule has 0 saturated carbocycles. The van der Waals surface area contributed by atoms with E-state index in [4.69, 9.17) is 6.57 Å². The van der Waals surface area contributed by atoms with Gasteiger partial charge in [-0.25, -0.2) is 4.85 Å². The van der Waals surface area contributed by atoms with Gasteiger partial charge in [-0.15, -0.1) is 11.3 Å². The zero-order chi connectivity index (χ0) is 19.5. The lowest BCUT2D eigenvalue weighted by Gasteiger charge is -2.08. The molecule has 0 atom stereocenters. The molecule has 2 heterocycles. The molecular weight excluding hydrogens is 372 g/mol. The SMILES string of the molecule is [C-]#[N+]c1ccc2c3ccccc3n(-c3ccc4sc5ccc(C)cc5c4c3)c2c1. The third-order valence-corrected chi connectivity index (χ3v) is 6.80. The highest BCUT2D eigenvalue weighted by molar-refractivity contribution is 7.25. The molecule has 0 saturated heterocycles. The van der Waals surface area contributed by atoms with Crippen molar-refractivity contribution >= 4 is 59.0 Å². The number of rotatable bonds is 1. The molecule has 0 N–H and O–H groups in total. The van der Waals surface area contributed by atoms with Crippen molar-refractivity contribution in [1.29, 1.82) is 0 Å². The van der Waals surface area contributed by atoms with Crippen LogP contribution in [-0.4, -0.2) is 4.57 Å². The second kappa shape index (κ2) is 5.94. The summed E-state index contributed by atoms with van der Waals surface area (Å²) in [6, 6.07) is 27.9. The van der Waals surface area contributed by atoms with Crippen LogP contribution in [0.4, 0.5) is 5.69 Å². The van der Waals surface area contributed by atoms with Gasteiger partial charge in [0.15, 0.2) is 5.69 Å². The molecule has 6 rings (SSSR count). The summed E-state index contributed by atoms with van der Waals surface area (Å²) < 4.78 is 4.91. The molecule has 6 aromatic rings. The van der Waals surface area contributed by atoms with E-state index in [9.17, 15) is 0 Å². The van der Waals surface area contributed by atoms with Crippen LogP contribution in [-0.2, 0) is 0 Å². The number of nitrogens with zero attached hydrogens (tertiary/aromatic N) is 2. The Kier molecular flexibility index (Phi) is 3.35. The monoisotopic (exact) mass is 388 g/mol. The number of aromatic nitrogens is 1. The normalized spacial score (nSPS) is 11.6. The maximum atomic E-state index is 7.44. The lowest BCUT2D eigenvalue weighted by molar-refractivity contribution is 1.19. The molecule has 2 aromatic heterocycles. The van der Waals surface area contributed by atoms with Gasteiger partial charge in [0.25, 0.3) is 0 Å². The largest absolute Gasteiger partial charge is 0.310 e. The summed E-state index contributed by atoms with van der Waals surface area (Å²) in [5.74, 6) is 0. The summed E-state index contributed by atoms with van der Waals surface area (Å²) in [6.45, 7) is 9.59. The predicted octanol–water partition coefficient (Wildman–Crippen LogP) is 8.01. The zero-order valence-corrected chi connectivity index (χ0v) is 16.6. The minimum absolute atomic E-state index is 0.666. The van der Waals surface area contributed by atoms with E-state index in [1.165, 1.54) is 42.0 Å². The summed E-state index contributed by atoms with van der Waals surface area (Å²) in [4.78, 5) is 3.66. The highest BCUT2D eigenvalue weighted by Gasteiger charge is 2.14. The van der Waals surface area contributed by atoms with Gasteiger partial charge in [0.05, 0.1) is 12.1 Å². The Morgan fingerprint density at radius 2 is 1.48 bits per heavy atom. The molecule has 4 aromatic carbocycles. The van der Waals surface area contributed by atoms with Crippen molar-refractivity contribution in [3.05, 3.63) is 95.8 Å². The zero-order valence-electron chi connectivity index (χ0n) is 15.8. The Morgan fingerprint density at radius 3 is 2.34 bits per heavy atom. The molecule has 136 valence electrons. The average molecular weight is 388 g/mol. The van der Waals surface area contributed by atoms with Crippen molar-refractivity contribution in [2.24, 2.45) is 0 Å². The number of fused-ring (bicyclic) bond motifs is 6. The topological polar surface area (TPSA) is 9.29 Å². The van der Waals surface area contributed by atoms with E-state index in [0.717, 1.165) is 11.2 Å². The first-order chi connectivity index (χ1) is 14.2. The second-order valence-corrected chi connectivity index (χ2v) is 8.53. The molecule has 0 aliphatic rings. The highest BCUT2D eigenvalue weighted by atomic mass is 32.1. The van der Waals surface area contributed by atoms with Crippen molar-refractivity contribution in [3.63, 3.8) is 0 Å². The fourth-order valence-electron chi connectivity index (χ4n) is 4.32. The van der Waals surface area contributed by atoms with E-state index in [2.05, 4.69) is 83.1 Å². The number of hydrogen-bond acceptors (Lipinski definition) is 1. The maximum absolute atomic E-state index is 7.44. The van der Waals surface area contributed by atoms with Gasteiger partial charge in [-0.3, -0.25) is 0 Å². The Bertz CT molecular complexity index is 1630. The molecule has 29 heavy (non-hydrogen) atoms. The number of benzene rings is 4. The third-order valence-electron chi connectivity index (χ3n) is 5.65. The Hall–Kier alpha value is -3.61. The minimum atomic E-state index is 0.666. The lowest BCUT2D eigenvalue weighted by Crippen LogP contribution is -1.93. The summed E-state index contributed by atoms with van der Waals surface area (Å²) in [5.41, 5.74) is 5.32. The second-order valence-electron chi connectivity index (χ2n) is 7.45. The maximum Gasteiger partial charge on any atom is 0.189 e. The van der Waals surface area contributed by atoms with Crippen LogP contribution in [0.5, 0.6) is 0 Å². The Balaban J connectivity index is 1.74. The van der Waals surface area contributed by atoms with Crippen LogP contribution >= 0.6 is 11.3 Å². The van der Waals surface area contributed by atoms with Crippen molar-refractivity contribution in [3.8, 4) is 5.69 Å².